The predicted molar refractivity (Wildman–Crippen MR) is 61.7 cm³/mol. The normalized spacial score (nSPS) is 24.9. The van der Waals surface area contributed by atoms with E-state index >= 15 is 0 Å². The lowest BCUT2D eigenvalue weighted by Gasteiger charge is -2.36. The highest BCUT2D eigenvalue weighted by Gasteiger charge is 2.30. The molecule has 15 heavy (non-hydrogen) atoms. The fraction of sp³-hybridized carbons (Fsp3) is 0.538. The topological polar surface area (TPSA) is 21.3 Å². The van der Waals surface area contributed by atoms with Crippen molar-refractivity contribution in [1.29, 1.82) is 0 Å². The second-order valence-corrected chi connectivity index (χ2v) is 4.27. The first kappa shape index (κ1) is 10.7. The van der Waals surface area contributed by atoms with E-state index in [1.54, 1.807) is 0 Å². The van der Waals surface area contributed by atoms with Crippen LogP contribution in [0.15, 0.2) is 24.3 Å². The van der Waals surface area contributed by atoms with Crippen molar-refractivity contribution in [3.05, 3.63) is 35.4 Å². The van der Waals surface area contributed by atoms with Gasteiger partial charge in [-0.3, -0.25) is 0 Å². The average molecular weight is 205 g/mol. The molecular weight excluding hydrogens is 186 g/mol. The summed E-state index contributed by atoms with van der Waals surface area (Å²) in [4.78, 5) is 5.20. The molecule has 1 fully saturated rings. The van der Waals surface area contributed by atoms with Crippen molar-refractivity contribution >= 4 is 0 Å². The SMILES string of the molecule is CCONC1CC(c2ccccc2C)C1. The molecule has 0 saturated heterocycles. The lowest BCUT2D eigenvalue weighted by molar-refractivity contribution is -0.00162. The Morgan fingerprint density at radius 3 is 2.73 bits per heavy atom. The Bertz CT molecular complexity index is 318. The maximum absolute atomic E-state index is 5.20. The van der Waals surface area contributed by atoms with Crippen molar-refractivity contribution in [2.24, 2.45) is 0 Å². The van der Waals surface area contributed by atoms with Crippen LogP contribution in [0, 0.1) is 6.92 Å². The molecule has 1 saturated carbocycles. The summed E-state index contributed by atoms with van der Waals surface area (Å²) in [5.74, 6) is 0.726. The third kappa shape index (κ3) is 2.39. The van der Waals surface area contributed by atoms with Gasteiger partial charge < -0.3 is 4.84 Å². The van der Waals surface area contributed by atoms with E-state index in [9.17, 15) is 0 Å². The molecule has 82 valence electrons. The minimum Gasteiger partial charge on any atom is -0.302 e. The molecule has 0 aliphatic heterocycles. The third-order valence-corrected chi connectivity index (χ3v) is 3.16. The molecule has 2 heteroatoms. The molecule has 1 aromatic carbocycles. The Morgan fingerprint density at radius 1 is 1.33 bits per heavy atom. The van der Waals surface area contributed by atoms with Crippen LogP contribution in [0.25, 0.3) is 0 Å². The Morgan fingerprint density at radius 2 is 2.07 bits per heavy atom. The average Bonchev–Trinajstić information content (AvgIpc) is 2.18. The van der Waals surface area contributed by atoms with Gasteiger partial charge in [-0.1, -0.05) is 24.3 Å². The van der Waals surface area contributed by atoms with Gasteiger partial charge in [-0.05, 0) is 43.7 Å². The summed E-state index contributed by atoms with van der Waals surface area (Å²) in [6, 6.07) is 9.23. The van der Waals surface area contributed by atoms with Crippen LogP contribution < -0.4 is 5.48 Å². The minimum absolute atomic E-state index is 0.551. The summed E-state index contributed by atoms with van der Waals surface area (Å²) in [5, 5.41) is 0. The summed E-state index contributed by atoms with van der Waals surface area (Å²) >= 11 is 0. The van der Waals surface area contributed by atoms with Gasteiger partial charge >= 0.3 is 0 Å². The lowest BCUT2D eigenvalue weighted by atomic mass is 9.75. The number of nitrogens with one attached hydrogen (secondary N) is 1. The summed E-state index contributed by atoms with van der Waals surface area (Å²) < 4.78 is 0. The van der Waals surface area contributed by atoms with Crippen molar-refractivity contribution in [3.8, 4) is 0 Å². The molecule has 0 unspecified atom stereocenters. The predicted octanol–water partition coefficient (Wildman–Crippen LogP) is 2.78. The zero-order chi connectivity index (χ0) is 10.7. The second kappa shape index (κ2) is 4.77. The smallest absolute Gasteiger partial charge is 0.0654 e. The van der Waals surface area contributed by atoms with Gasteiger partial charge in [0.15, 0.2) is 0 Å². The molecule has 0 bridgehead atoms. The third-order valence-electron chi connectivity index (χ3n) is 3.16. The summed E-state index contributed by atoms with van der Waals surface area (Å²) in [7, 11) is 0. The fourth-order valence-electron chi connectivity index (χ4n) is 2.21. The summed E-state index contributed by atoms with van der Waals surface area (Å²) in [6.07, 6.45) is 2.40. The van der Waals surface area contributed by atoms with Gasteiger partial charge in [0.25, 0.3) is 0 Å². The van der Waals surface area contributed by atoms with E-state index in [0.717, 1.165) is 12.5 Å². The molecule has 0 aromatic heterocycles. The Labute approximate surface area is 91.6 Å². The number of hydroxylamine groups is 1. The highest BCUT2D eigenvalue weighted by Crippen LogP contribution is 2.38. The van der Waals surface area contributed by atoms with E-state index in [1.807, 2.05) is 6.92 Å². The molecule has 0 amide bonds. The molecular formula is C13H19NO. The van der Waals surface area contributed by atoms with Gasteiger partial charge in [-0.15, -0.1) is 0 Å². The molecule has 0 atom stereocenters. The monoisotopic (exact) mass is 205 g/mol. The van der Waals surface area contributed by atoms with E-state index < -0.39 is 0 Å². The second-order valence-electron chi connectivity index (χ2n) is 4.27. The first-order valence-electron chi connectivity index (χ1n) is 5.74. The van der Waals surface area contributed by atoms with Gasteiger partial charge in [-0.2, -0.15) is 5.48 Å². The molecule has 0 radical (unpaired) electrons. The summed E-state index contributed by atoms with van der Waals surface area (Å²) in [6.45, 7) is 4.94. The van der Waals surface area contributed by atoms with Crippen LogP contribution in [0.2, 0.25) is 0 Å². The Balaban J connectivity index is 1.87. The number of hydrogen-bond acceptors (Lipinski definition) is 2. The van der Waals surface area contributed by atoms with E-state index in [-0.39, 0.29) is 0 Å². The molecule has 2 rings (SSSR count). The standard InChI is InChI=1S/C13H19NO/c1-3-15-14-12-8-11(9-12)13-7-5-4-6-10(13)2/h4-7,11-12,14H,3,8-9H2,1-2H3. The maximum atomic E-state index is 5.20. The van der Waals surface area contributed by atoms with Crippen LogP contribution in [0.3, 0.4) is 0 Å². The molecule has 1 N–H and O–H groups in total. The van der Waals surface area contributed by atoms with Gasteiger partial charge in [-0.25, -0.2) is 0 Å². The molecule has 2 nitrogen and oxygen atoms in total. The maximum Gasteiger partial charge on any atom is 0.0654 e. The number of rotatable bonds is 4. The molecule has 0 heterocycles. The first-order chi connectivity index (χ1) is 7.31. The van der Waals surface area contributed by atoms with Crippen LogP contribution in [0.4, 0.5) is 0 Å². The molecule has 1 aromatic rings. The van der Waals surface area contributed by atoms with E-state index in [1.165, 1.54) is 24.0 Å². The highest BCUT2D eigenvalue weighted by atomic mass is 16.6. The van der Waals surface area contributed by atoms with E-state index in [0.29, 0.717) is 6.04 Å². The van der Waals surface area contributed by atoms with Gasteiger partial charge in [0, 0.05) is 6.04 Å². The van der Waals surface area contributed by atoms with Crippen LogP contribution in [-0.2, 0) is 4.84 Å². The van der Waals surface area contributed by atoms with Crippen molar-refractivity contribution < 1.29 is 4.84 Å². The molecule has 1 aliphatic rings. The molecule has 1 aliphatic carbocycles. The van der Waals surface area contributed by atoms with Gasteiger partial charge in [0.1, 0.15) is 0 Å². The van der Waals surface area contributed by atoms with Crippen molar-refractivity contribution in [3.63, 3.8) is 0 Å². The number of benzene rings is 1. The zero-order valence-electron chi connectivity index (χ0n) is 9.49. The van der Waals surface area contributed by atoms with Crippen molar-refractivity contribution in [2.45, 2.75) is 38.6 Å². The number of hydrogen-bond donors (Lipinski definition) is 1. The van der Waals surface area contributed by atoms with E-state index in [2.05, 4.69) is 36.7 Å². The first-order valence-corrected chi connectivity index (χ1v) is 5.74. The highest BCUT2D eigenvalue weighted by molar-refractivity contribution is 5.31. The van der Waals surface area contributed by atoms with Crippen LogP contribution in [0.5, 0.6) is 0 Å². The quantitative estimate of drug-likeness (QED) is 0.763. The van der Waals surface area contributed by atoms with Crippen molar-refractivity contribution in [2.75, 3.05) is 6.61 Å². The Hall–Kier alpha value is -0.860. The molecule has 0 spiro atoms. The van der Waals surface area contributed by atoms with Crippen molar-refractivity contribution in [1.82, 2.24) is 5.48 Å². The van der Waals surface area contributed by atoms with Crippen LogP contribution in [0.1, 0.15) is 36.8 Å². The van der Waals surface area contributed by atoms with Gasteiger partial charge in [0.2, 0.25) is 0 Å². The van der Waals surface area contributed by atoms with Crippen LogP contribution in [-0.4, -0.2) is 12.6 Å². The van der Waals surface area contributed by atoms with Crippen LogP contribution >= 0.6 is 0 Å². The largest absolute Gasteiger partial charge is 0.302 e. The summed E-state index contributed by atoms with van der Waals surface area (Å²) in [5.41, 5.74) is 6.01. The van der Waals surface area contributed by atoms with E-state index in [4.69, 9.17) is 4.84 Å². The Kier molecular flexibility index (Phi) is 3.39. The number of aryl methyl sites for hydroxylation is 1. The van der Waals surface area contributed by atoms with Gasteiger partial charge in [0.05, 0.1) is 6.61 Å². The minimum atomic E-state index is 0.551. The lowest BCUT2D eigenvalue weighted by Crippen LogP contribution is -2.40. The fourth-order valence-corrected chi connectivity index (χ4v) is 2.21. The zero-order valence-corrected chi connectivity index (χ0v) is 9.49.